The highest BCUT2D eigenvalue weighted by atomic mass is 127. The van der Waals surface area contributed by atoms with Crippen LogP contribution in [-0.4, -0.2) is 17.1 Å². The number of halogens is 2. The lowest BCUT2D eigenvalue weighted by Crippen LogP contribution is -2.03. The van der Waals surface area contributed by atoms with Gasteiger partial charge in [-0.2, -0.15) is 4.98 Å². The predicted octanol–water partition coefficient (Wildman–Crippen LogP) is 3.18. The van der Waals surface area contributed by atoms with Crippen molar-refractivity contribution in [3.63, 3.8) is 0 Å². The van der Waals surface area contributed by atoms with Gasteiger partial charge in [-0.15, -0.1) is 0 Å². The molecule has 1 aromatic heterocycles. The highest BCUT2D eigenvalue weighted by Crippen LogP contribution is 2.30. The smallest absolute Gasteiger partial charge is 0.242 e. The van der Waals surface area contributed by atoms with Crippen molar-refractivity contribution in [2.75, 3.05) is 18.2 Å². The van der Waals surface area contributed by atoms with Crippen molar-refractivity contribution in [2.24, 2.45) is 0 Å². The molecule has 0 amide bonds. The summed E-state index contributed by atoms with van der Waals surface area (Å²) in [6, 6.07) is 5.91. The van der Waals surface area contributed by atoms with Crippen molar-refractivity contribution in [1.29, 1.82) is 0 Å². The predicted molar refractivity (Wildman–Crippen MR) is 83.1 cm³/mol. The number of rotatable bonds is 3. The number of nitrogens with two attached hydrogens (primary N) is 1. The molecule has 0 fully saturated rings. The summed E-state index contributed by atoms with van der Waals surface area (Å²) < 4.78 is 7.09. The van der Waals surface area contributed by atoms with Crippen LogP contribution >= 0.6 is 38.5 Å². The molecule has 0 saturated heterocycles. The van der Waals surface area contributed by atoms with Crippen molar-refractivity contribution < 1.29 is 4.74 Å². The number of hydrogen-bond acceptors (Lipinski definition) is 5. The van der Waals surface area contributed by atoms with Crippen LogP contribution < -0.4 is 15.8 Å². The van der Waals surface area contributed by atoms with Gasteiger partial charge in [0.2, 0.25) is 5.88 Å². The van der Waals surface area contributed by atoms with Crippen molar-refractivity contribution >= 4 is 55.7 Å². The molecule has 5 nitrogen and oxygen atoms in total. The number of benzene rings is 1. The SMILES string of the molecule is COc1ncnc(Nc2cc(Br)ccc2I)c1N. The molecule has 94 valence electrons. The summed E-state index contributed by atoms with van der Waals surface area (Å²) in [5, 5.41) is 3.16. The van der Waals surface area contributed by atoms with E-state index in [9.17, 15) is 0 Å². The minimum atomic E-state index is 0.359. The van der Waals surface area contributed by atoms with Gasteiger partial charge in [0.15, 0.2) is 5.82 Å². The monoisotopic (exact) mass is 420 g/mol. The molecule has 3 N–H and O–H groups in total. The van der Waals surface area contributed by atoms with Gasteiger partial charge in [-0.25, -0.2) is 4.98 Å². The Balaban J connectivity index is 2.37. The maximum atomic E-state index is 5.90. The van der Waals surface area contributed by atoms with Crippen molar-refractivity contribution in [3.8, 4) is 5.88 Å². The van der Waals surface area contributed by atoms with E-state index in [0.717, 1.165) is 13.7 Å². The number of nitrogen functional groups attached to an aromatic ring is 1. The maximum absolute atomic E-state index is 5.90. The summed E-state index contributed by atoms with van der Waals surface area (Å²) in [7, 11) is 1.52. The lowest BCUT2D eigenvalue weighted by molar-refractivity contribution is 0.399. The molecule has 0 saturated carbocycles. The number of methoxy groups -OCH3 is 1. The van der Waals surface area contributed by atoms with Gasteiger partial charge >= 0.3 is 0 Å². The van der Waals surface area contributed by atoms with E-state index < -0.39 is 0 Å². The zero-order chi connectivity index (χ0) is 13.1. The first-order valence-corrected chi connectivity index (χ1v) is 6.85. The quantitative estimate of drug-likeness (QED) is 0.746. The Bertz CT molecular complexity index is 579. The van der Waals surface area contributed by atoms with Crippen molar-refractivity contribution in [2.45, 2.75) is 0 Å². The van der Waals surface area contributed by atoms with Crippen LogP contribution in [-0.2, 0) is 0 Å². The average molecular weight is 421 g/mol. The van der Waals surface area contributed by atoms with Gasteiger partial charge in [0.25, 0.3) is 0 Å². The molecule has 0 aliphatic rings. The molecular weight excluding hydrogens is 411 g/mol. The molecule has 0 spiro atoms. The highest BCUT2D eigenvalue weighted by Gasteiger charge is 2.10. The van der Waals surface area contributed by atoms with Gasteiger partial charge in [0.1, 0.15) is 12.0 Å². The number of ether oxygens (including phenoxy) is 1. The van der Waals surface area contributed by atoms with Crippen molar-refractivity contribution in [1.82, 2.24) is 9.97 Å². The zero-order valence-electron chi connectivity index (χ0n) is 9.45. The number of nitrogens with one attached hydrogen (secondary N) is 1. The van der Waals surface area contributed by atoms with Gasteiger partial charge in [-0.05, 0) is 40.8 Å². The van der Waals surface area contributed by atoms with E-state index in [2.05, 4.69) is 53.8 Å². The van der Waals surface area contributed by atoms with Gasteiger partial charge in [0.05, 0.1) is 12.8 Å². The summed E-state index contributed by atoms with van der Waals surface area (Å²) in [6.07, 6.45) is 1.41. The normalized spacial score (nSPS) is 10.2. The standard InChI is InChI=1S/C11H10BrIN4O/c1-18-11-9(14)10(15-5-16-11)17-8-4-6(12)2-3-7(8)13/h2-5H,14H2,1H3,(H,15,16,17). The van der Waals surface area contributed by atoms with E-state index in [4.69, 9.17) is 10.5 Å². The van der Waals surface area contributed by atoms with Gasteiger partial charge < -0.3 is 15.8 Å². The second-order valence-electron chi connectivity index (χ2n) is 3.39. The molecule has 0 radical (unpaired) electrons. The van der Waals surface area contributed by atoms with Gasteiger partial charge in [-0.3, -0.25) is 0 Å². The number of hydrogen-bond donors (Lipinski definition) is 2. The molecule has 7 heteroatoms. The zero-order valence-corrected chi connectivity index (χ0v) is 13.2. The van der Waals surface area contributed by atoms with Crippen LogP contribution in [0.25, 0.3) is 0 Å². The summed E-state index contributed by atoms with van der Waals surface area (Å²) in [5.41, 5.74) is 7.20. The minimum Gasteiger partial charge on any atom is -0.479 e. The Morgan fingerprint density at radius 1 is 1.39 bits per heavy atom. The third-order valence-electron chi connectivity index (χ3n) is 2.22. The van der Waals surface area contributed by atoms with Gasteiger partial charge in [0, 0.05) is 8.04 Å². The fourth-order valence-corrected chi connectivity index (χ4v) is 2.19. The van der Waals surface area contributed by atoms with E-state index in [0.29, 0.717) is 17.4 Å². The third-order valence-corrected chi connectivity index (χ3v) is 3.66. The number of nitrogens with zero attached hydrogens (tertiary/aromatic N) is 2. The number of aromatic nitrogens is 2. The third kappa shape index (κ3) is 2.83. The van der Waals surface area contributed by atoms with Crippen LogP contribution in [0.3, 0.4) is 0 Å². The first-order chi connectivity index (χ1) is 8.61. The first-order valence-electron chi connectivity index (χ1n) is 4.98. The number of anilines is 3. The molecule has 2 rings (SSSR count). The Morgan fingerprint density at radius 2 is 2.17 bits per heavy atom. The molecule has 2 aromatic rings. The van der Waals surface area contributed by atoms with Crippen LogP contribution in [0.15, 0.2) is 29.0 Å². The largest absolute Gasteiger partial charge is 0.479 e. The summed E-state index contributed by atoms with van der Waals surface area (Å²) in [4.78, 5) is 8.04. The maximum Gasteiger partial charge on any atom is 0.242 e. The molecule has 1 aromatic carbocycles. The molecule has 0 aliphatic heterocycles. The Morgan fingerprint density at radius 3 is 2.89 bits per heavy atom. The summed E-state index contributed by atoms with van der Waals surface area (Å²) in [6.45, 7) is 0. The van der Waals surface area contributed by atoms with Crippen LogP contribution in [0.5, 0.6) is 5.88 Å². The molecule has 0 atom stereocenters. The Kier molecular flexibility index (Phi) is 4.23. The Hall–Kier alpha value is -1.09. The van der Waals surface area contributed by atoms with E-state index in [-0.39, 0.29) is 0 Å². The van der Waals surface area contributed by atoms with Crippen LogP contribution in [0.4, 0.5) is 17.2 Å². The molecule has 0 unspecified atom stereocenters. The average Bonchev–Trinajstić information content (AvgIpc) is 2.36. The fraction of sp³-hybridized carbons (Fsp3) is 0.0909. The molecule has 1 heterocycles. The fourth-order valence-electron chi connectivity index (χ4n) is 1.36. The van der Waals surface area contributed by atoms with Gasteiger partial charge in [-0.1, -0.05) is 15.9 Å². The van der Waals surface area contributed by atoms with E-state index in [1.54, 1.807) is 0 Å². The van der Waals surface area contributed by atoms with Crippen LogP contribution in [0.1, 0.15) is 0 Å². The van der Waals surface area contributed by atoms with Crippen LogP contribution in [0, 0.1) is 3.57 Å². The highest BCUT2D eigenvalue weighted by molar-refractivity contribution is 14.1. The topological polar surface area (TPSA) is 73.1 Å². The summed E-state index contributed by atoms with van der Waals surface area (Å²) >= 11 is 5.66. The lowest BCUT2D eigenvalue weighted by Gasteiger charge is -2.11. The molecule has 18 heavy (non-hydrogen) atoms. The van der Waals surface area contributed by atoms with E-state index in [1.165, 1.54) is 13.4 Å². The second-order valence-corrected chi connectivity index (χ2v) is 5.47. The van der Waals surface area contributed by atoms with E-state index >= 15 is 0 Å². The summed E-state index contributed by atoms with van der Waals surface area (Å²) in [5.74, 6) is 0.885. The second kappa shape index (κ2) is 5.70. The minimum absolute atomic E-state index is 0.359. The van der Waals surface area contributed by atoms with Crippen molar-refractivity contribution in [3.05, 3.63) is 32.6 Å². The van der Waals surface area contributed by atoms with E-state index in [1.807, 2.05) is 18.2 Å². The lowest BCUT2D eigenvalue weighted by atomic mass is 10.3. The molecule has 0 bridgehead atoms. The molecular formula is C11H10BrIN4O. The first kappa shape index (κ1) is 13.3. The molecule has 0 aliphatic carbocycles. The Labute approximate surface area is 126 Å². The van der Waals surface area contributed by atoms with Crippen LogP contribution in [0.2, 0.25) is 0 Å².